The molecular formula is C25H22N2O3. The smallest absolute Gasteiger partial charge is 0.266 e. The van der Waals surface area contributed by atoms with Crippen molar-refractivity contribution in [2.45, 2.75) is 25.5 Å². The van der Waals surface area contributed by atoms with Crippen molar-refractivity contribution in [1.29, 1.82) is 0 Å². The summed E-state index contributed by atoms with van der Waals surface area (Å²) in [5, 5.41) is 1.72. The lowest BCUT2D eigenvalue weighted by Crippen LogP contribution is -2.37. The second-order valence-corrected chi connectivity index (χ2v) is 7.60. The fraction of sp³-hybridized carbons (Fsp3) is 0.200. The summed E-state index contributed by atoms with van der Waals surface area (Å²) in [5.74, 6) is -1.14. The van der Waals surface area contributed by atoms with Crippen molar-refractivity contribution in [3.05, 3.63) is 96.1 Å². The first-order chi connectivity index (χ1) is 14.7. The van der Waals surface area contributed by atoms with Crippen molar-refractivity contribution in [2.75, 3.05) is 9.96 Å². The number of hydroxylamine groups is 1. The second kappa shape index (κ2) is 7.43. The highest BCUT2D eigenvalue weighted by molar-refractivity contribution is 6.23. The maximum absolute atomic E-state index is 13.5. The lowest BCUT2D eigenvalue weighted by atomic mass is 9.90. The molecule has 0 aromatic heterocycles. The van der Waals surface area contributed by atoms with Crippen LogP contribution in [0.4, 0.5) is 11.4 Å². The molecule has 2 amide bonds. The first-order valence-corrected chi connectivity index (χ1v) is 10.2. The standard InChI is InChI=1S/C25H22N2O3/c1-2-17-13-15-19(16-14-17)26-24(28)21-22(18-9-5-3-6-10-18)27(30-23(21)25(26)29)20-11-7-4-8-12-20/h3-16,21-23H,2H2,1H3/t21-,22+,23-/m0/s1. The van der Waals surface area contributed by atoms with Gasteiger partial charge in [0.15, 0.2) is 6.10 Å². The minimum Gasteiger partial charge on any atom is -0.273 e. The quantitative estimate of drug-likeness (QED) is 0.615. The normalized spacial score (nSPS) is 23.2. The monoisotopic (exact) mass is 398 g/mol. The van der Waals surface area contributed by atoms with E-state index in [-0.39, 0.29) is 17.9 Å². The van der Waals surface area contributed by atoms with Gasteiger partial charge in [-0.15, -0.1) is 0 Å². The fourth-order valence-corrected chi connectivity index (χ4v) is 4.34. The zero-order valence-corrected chi connectivity index (χ0v) is 16.6. The summed E-state index contributed by atoms with van der Waals surface area (Å²) in [6, 6.07) is 26.6. The molecule has 3 atom stereocenters. The van der Waals surface area contributed by atoms with Gasteiger partial charge in [0.2, 0.25) is 5.91 Å². The molecule has 5 nitrogen and oxygen atoms in total. The van der Waals surface area contributed by atoms with Crippen LogP contribution in [0, 0.1) is 5.92 Å². The Morgan fingerprint density at radius 2 is 1.40 bits per heavy atom. The van der Waals surface area contributed by atoms with Crippen LogP contribution in [0.1, 0.15) is 24.1 Å². The Labute approximate surface area is 175 Å². The number of rotatable bonds is 4. The molecule has 5 rings (SSSR count). The van der Waals surface area contributed by atoms with Gasteiger partial charge in [0.1, 0.15) is 5.92 Å². The van der Waals surface area contributed by atoms with Crippen LogP contribution < -0.4 is 9.96 Å². The minimum atomic E-state index is -0.839. The number of nitrogens with zero attached hydrogens (tertiary/aromatic N) is 2. The minimum absolute atomic E-state index is 0.221. The molecule has 0 saturated carbocycles. The highest BCUT2D eigenvalue weighted by Crippen LogP contribution is 2.47. The summed E-state index contributed by atoms with van der Waals surface area (Å²) in [4.78, 5) is 34.2. The zero-order valence-electron chi connectivity index (χ0n) is 16.6. The molecule has 2 saturated heterocycles. The molecule has 2 aliphatic rings. The third-order valence-electron chi connectivity index (χ3n) is 5.87. The third kappa shape index (κ3) is 2.90. The van der Waals surface area contributed by atoms with Crippen LogP contribution in [0.2, 0.25) is 0 Å². The van der Waals surface area contributed by atoms with Gasteiger partial charge < -0.3 is 0 Å². The van der Waals surface area contributed by atoms with Crippen LogP contribution in [-0.4, -0.2) is 17.9 Å². The molecule has 0 unspecified atom stereocenters. The number of para-hydroxylation sites is 1. The molecule has 3 aromatic carbocycles. The molecule has 30 heavy (non-hydrogen) atoms. The van der Waals surface area contributed by atoms with Crippen LogP contribution in [0.3, 0.4) is 0 Å². The van der Waals surface area contributed by atoms with Gasteiger partial charge in [-0.1, -0.05) is 67.6 Å². The number of anilines is 2. The summed E-state index contributed by atoms with van der Waals surface area (Å²) >= 11 is 0. The van der Waals surface area contributed by atoms with Gasteiger partial charge in [0.25, 0.3) is 5.91 Å². The highest BCUT2D eigenvalue weighted by Gasteiger charge is 2.60. The number of hydrogen-bond donors (Lipinski definition) is 0. The van der Waals surface area contributed by atoms with Crippen molar-refractivity contribution < 1.29 is 14.4 Å². The van der Waals surface area contributed by atoms with E-state index < -0.39 is 12.0 Å². The molecule has 3 aromatic rings. The van der Waals surface area contributed by atoms with E-state index in [0.29, 0.717) is 5.69 Å². The second-order valence-electron chi connectivity index (χ2n) is 7.60. The van der Waals surface area contributed by atoms with E-state index in [2.05, 4.69) is 6.92 Å². The van der Waals surface area contributed by atoms with Gasteiger partial charge in [-0.05, 0) is 41.8 Å². The Hall–Kier alpha value is -3.44. The first kappa shape index (κ1) is 18.6. The predicted molar refractivity (Wildman–Crippen MR) is 115 cm³/mol. The van der Waals surface area contributed by atoms with Crippen LogP contribution in [0.15, 0.2) is 84.9 Å². The first-order valence-electron chi connectivity index (χ1n) is 10.2. The van der Waals surface area contributed by atoms with E-state index in [1.54, 1.807) is 5.06 Å². The number of carbonyl (C=O) groups excluding carboxylic acids is 2. The molecule has 0 spiro atoms. The van der Waals surface area contributed by atoms with E-state index >= 15 is 0 Å². The average Bonchev–Trinajstić information content (AvgIpc) is 3.31. The van der Waals surface area contributed by atoms with Gasteiger partial charge in [0, 0.05) is 0 Å². The molecule has 2 heterocycles. The number of fused-ring (bicyclic) bond motifs is 1. The van der Waals surface area contributed by atoms with E-state index in [4.69, 9.17) is 4.84 Å². The van der Waals surface area contributed by atoms with E-state index in [9.17, 15) is 9.59 Å². The Kier molecular flexibility index (Phi) is 4.60. The predicted octanol–water partition coefficient (Wildman–Crippen LogP) is 4.30. The maximum atomic E-state index is 13.5. The van der Waals surface area contributed by atoms with Crippen molar-refractivity contribution in [3.8, 4) is 0 Å². The number of carbonyl (C=O) groups is 2. The Balaban J connectivity index is 1.55. The number of amides is 2. The molecule has 2 aliphatic heterocycles. The molecule has 0 aliphatic carbocycles. The summed E-state index contributed by atoms with van der Waals surface area (Å²) in [7, 11) is 0. The van der Waals surface area contributed by atoms with Crippen LogP contribution in [-0.2, 0) is 20.8 Å². The van der Waals surface area contributed by atoms with Crippen molar-refractivity contribution in [2.24, 2.45) is 5.92 Å². The van der Waals surface area contributed by atoms with Gasteiger partial charge in [0.05, 0.1) is 17.4 Å². The number of hydrogen-bond acceptors (Lipinski definition) is 4. The van der Waals surface area contributed by atoms with Gasteiger partial charge in [-0.2, -0.15) is 0 Å². The van der Waals surface area contributed by atoms with Crippen LogP contribution >= 0.6 is 0 Å². The molecule has 150 valence electrons. The Morgan fingerprint density at radius 1 is 0.767 bits per heavy atom. The van der Waals surface area contributed by atoms with E-state index in [0.717, 1.165) is 23.2 Å². The van der Waals surface area contributed by atoms with Gasteiger partial charge >= 0.3 is 0 Å². The molecular weight excluding hydrogens is 376 g/mol. The molecule has 0 radical (unpaired) electrons. The number of benzene rings is 3. The molecule has 0 N–H and O–H groups in total. The Bertz CT molecular complexity index is 1070. The number of imide groups is 1. The average molecular weight is 398 g/mol. The van der Waals surface area contributed by atoms with Crippen molar-refractivity contribution in [1.82, 2.24) is 0 Å². The summed E-state index contributed by atoms with van der Waals surface area (Å²) in [6.07, 6.45) is 0.0623. The maximum Gasteiger partial charge on any atom is 0.266 e. The summed E-state index contributed by atoms with van der Waals surface area (Å²) in [5.41, 5.74) is 3.52. The third-order valence-corrected chi connectivity index (χ3v) is 5.87. The SMILES string of the molecule is CCc1ccc(N2C(=O)[C@@H]3[C@H](ON(c4ccccc4)[C@@H]3c3ccccc3)C2=O)cc1. The van der Waals surface area contributed by atoms with Gasteiger partial charge in [-0.3, -0.25) is 14.4 Å². The molecule has 2 fully saturated rings. The van der Waals surface area contributed by atoms with Crippen molar-refractivity contribution >= 4 is 23.2 Å². The molecule has 0 bridgehead atoms. The fourth-order valence-electron chi connectivity index (χ4n) is 4.34. The largest absolute Gasteiger partial charge is 0.273 e. The van der Waals surface area contributed by atoms with Crippen LogP contribution in [0.25, 0.3) is 0 Å². The zero-order chi connectivity index (χ0) is 20.7. The Morgan fingerprint density at radius 3 is 2.03 bits per heavy atom. The highest BCUT2D eigenvalue weighted by atomic mass is 16.7. The molecule has 5 heteroatoms. The van der Waals surface area contributed by atoms with Gasteiger partial charge in [-0.25, -0.2) is 9.96 Å². The van der Waals surface area contributed by atoms with E-state index in [1.807, 2.05) is 84.9 Å². The van der Waals surface area contributed by atoms with E-state index in [1.165, 1.54) is 4.90 Å². The lowest BCUT2D eigenvalue weighted by molar-refractivity contribution is -0.126. The topological polar surface area (TPSA) is 49.9 Å². The lowest BCUT2D eigenvalue weighted by Gasteiger charge is -2.28. The summed E-state index contributed by atoms with van der Waals surface area (Å²) < 4.78 is 0. The van der Waals surface area contributed by atoms with Crippen LogP contribution in [0.5, 0.6) is 0 Å². The van der Waals surface area contributed by atoms with Crippen molar-refractivity contribution in [3.63, 3.8) is 0 Å². The number of aryl methyl sites for hydroxylation is 1. The summed E-state index contributed by atoms with van der Waals surface area (Å²) in [6.45, 7) is 2.07.